The summed E-state index contributed by atoms with van der Waals surface area (Å²) in [5.41, 5.74) is 3.99. The van der Waals surface area contributed by atoms with E-state index in [1.165, 1.54) is 5.56 Å². The van der Waals surface area contributed by atoms with Crippen molar-refractivity contribution in [2.24, 2.45) is 5.92 Å². The van der Waals surface area contributed by atoms with E-state index in [1.807, 2.05) is 50.2 Å². The summed E-state index contributed by atoms with van der Waals surface area (Å²) in [6.45, 7) is 9.18. The SMILES string of the molecule is Cc1ccc(NC(=O)CNc2ccc(OCC(C)C)cc2)c(C)c1. The van der Waals surface area contributed by atoms with Crippen LogP contribution in [0.15, 0.2) is 42.5 Å². The Bertz CT molecular complexity index is 679. The van der Waals surface area contributed by atoms with Gasteiger partial charge in [-0.3, -0.25) is 4.79 Å². The Morgan fingerprint density at radius 1 is 1.08 bits per heavy atom. The number of carbonyl (C=O) groups is 1. The van der Waals surface area contributed by atoms with Crippen LogP contribution in [-0.2, 0) is 4.79 Å². The van der Waals surface area contributed by atoms with Gasteiger partial charge in [-0.2, -0.15) is 0 Å². The summed E-state index contributed by atoms with van der Waals surface area (Å²) >= 11 is 0. The molecule has 0 saturated carbocycles. The molecule has 0 spiro atoms. The number of ether oxygens (including phenoxy) is 1. The number of nitrogens with one attached hydrogen (secondary N) is 2. The van der Waals surface area contributed by atoms with Gasteiger partial charge >= 0.3 is 0 Å². The summed E-state index contributed by atoms with van der Waals surface area (Å²) in [5, 5.41) is 6.05. The van der Waals surface area contributed by atoms with Crippen LogP contribution in [0.4, 0.5) is 11.4 Å². The van der Waals surface area contributed by atoms with Gasteiger partial charge in [0.05, 0.1) is 13.2 Å². The molecule has 24 heavy (non-hydrogen) atoms. The molecular weight excluding hydrogens is 300 g/mol. The highest BCUT2D eigenvalue weighted by atomic mass is 16.5. The van der Waals surface area contributed by atoms with Crippen LogP contribution in [-0.4, -0.2) is 19.1 Å². The van der Waals surface area contributed by atoms with Crippen LogP contribution >= 0.6 is 0 Å². The second kappa shape index (κ2) is 8.39. The maximum atomic E-state index is 12.1. The molecule has 0 aliphatic heterocycles. The van der Waals surface area contributed by atoms with Gasteiger partial charge in [-0.25, -0.2) is 0 Å². The topological polar surface area (TPSA) is 50.4 Å². The smallest absolute Gasteiger partial charge is 0.243 e. The van der Waals surface area contributed by atoms with Gasteiger partial charge < -0.3 is 15.4 Å². The Kier molecular flexibility index (Phi) is 6.24. The van der Waals surface area contributed by atoms with Crippen LogP contribution in [0.5, 0.6) is 5.75 Å². The molecule has 4 heteroatoms. The molecule has 4 nitrogen and oxygen atoms in total. The Morgan fingerprint density at radius 2 is 1.79 bits per heavy atom. The van der Waals surface area contributed by atoms with E-state index in [4.69, 9.17) is 4.74 Å². The maximum Gasteiger partial charge on any atom is 0.243 e. The first-order valence-electron chi connectivity index (χ1n) is 8.28. The van der Waals surface area contributed by atoms with Crippen molar-refractivity contribution in [1.29, 1.82) is 0 Å². The molecule has 0 saturated heterocycles. The first kappa shape index (κ1) is 17.9. The fraction of sp³-hybridized carbons (Fsp3) is 0.350. The third-order valence-corrected chi connectivity index (χ3v) is 3.55. The number of benzene rings is 2. The molecule has 0 aromatic heterocycles. The Hall–Kier alpha value is -2.49. The minimum absolute atomic E-state index is 0.0675. The molecule has 0 aliphatic carbocycles. The quantitative estimate of drug-likeness (QED) is 0.793. The number of aryl methyl sites for hydroxylation is 2. The average molecular weight is 326 g/mol. The fourth-order valence-corrected chi connectivity index (χ4v) is 2.26. The summed E-state index contributed by atoms with van der Waals surface area (Å²) in [4.78, 5) is 12.1. The van der Waals surface area contributed by atoms with Crippen molar-refractivity contribution in [2.75, 3.05) is 23.8 Å². The molecule has 2 aromatic carbocycles. The van der Waals surface area contributed by atoms with Gasteiger partial charge in [0.25, 0.3) is 0 Å². The molecule has 128 valence electrons. The van der Waals surface area contributed by atoms with Crippen molar-refractivity contribution in [2.45, 2.75) is 27.7 Å². The zero-order chi connectivity index (χ0) is 17.5. The van der Waals surface area contributed by atoms with E-state index in [1.54, 1.807) is 0 Å². The molecule has 0 aliphatic rings. The lowest BCUT2D eigenvalue weighted by atomic mass is 10.1. The lowest BCUT2D eigenvalue weighted by Gasteiger charge is -2.12. The van der Waals surface area contributed by atoms with Crippen LogP contribution < -0.4 is 15.4 Å². The van der Waals surface area contributed by atoms with E-state index < -0.39 is 0 Å². The molecule has 0 radical (unpaired) electrons. The first-order valence-corrected chi connectivity index (χ1v) is 8.28. The van der Waals surface area contributed by atoms with Crippen LogP contribution in [0.2, 0.25) is 0 Å². The van der Waals surface area contributed by atoms with Crippen molar-refractivity contribution in [3.05, 3.63) is 53.6 Å². The van der Waals surface area contributed by atoms with Crippen molar-refractivity contribution in [1.82, 2.24) is 0 Å². The lowest BCUT2D eigenvalue weighted by Crippen LogP contribution is -2.22. The zero-order valence-corrected chi connectivity index (χ0v) is 14.8. The molecule has 0 bridgehead atoms. The monoisotopic (exact) mass is 326 g/mol. The van der Waals surface area contributed by atoms with E-state index in [9.17, 15) is 4.79 Å². The van der Waals surface area contributed by atoms with E-state index >= 15 is 0 Å². The summed E-state index contributed by atoms with van der Waals surface area (Å²) in [7, 11) is 0. The molecular formula is C20H26N2O2. The minimum atomic E-state index is -0.0675. The predicted molar refractivity (Wildman–Crippen MR) is 99.8 cm³/mol. The Morgan fingerprint density at radius 3 is 2.42 bits per heavy atom. The number of rotatable bonds is 7. The highest BCUT2D eigenvalue weighted by molar-refractivity contribution is 5.94. The third-order valence-electron chi connectivity index (χ3n) is 3.55. The molecule has 0 atom stereocenters. The van der Waals surface area contributed by atoms with Crippen LogP contribution in [0.3, 0.4) is 0 Å². The summed E-state index contributed by atoms with van der Waals surface area (Å²) < 4.78 is 5.64. The zero-order valence-electron chi connectivity index (χ0n) is 14.8. The van der Waals surface area contributed by atoms with E-state index in [0.29, 0.717) is 12.5 Å². The van der Waals surface area contributed by atoms with Gasteiger partial charge in [0.2, 0.25) is 5.91 Å². The summed E-state index contributed by atoms with van der Waals surface area (Å²) in [5.74, 6) is 1.27. The fourth-order valence-electron chi connectivity index (χ4n) is 2.26. The van der Waals surface area contributed by atoms with Gasteiger partial charge in [0.1, 0.15) is 5.75 Å². The molecule has 2 rings (SSSR count). The predicted octanol–water partition coefficient (Wildman–Crippen LogP) is 4.39. The van der Waals surface area contributed by atoms with Gasteiger partial charge in [0.15, 0.2) is 0 Å². The van der Waals surface area contributed by atoms with Crippen LogP contribution in [0, 0.1) is 19.8 Å². The van der Waals surface area contributed by atoms with Crippen molar-refractivity contribution in [3.63, 3.8) is 0 Å². The number of hydrogen-bond acceptors (Lipinski definition) is 3. The van der Waals surface area contributed by atoms with Gasteiger partial charge in [-0.1, -0.05) is 31.5 Å². The highest BCUT2D eigenvalue weighted by Gasteiger charge is 2.05. The molecule has 2 aromatic rings. The maximum absolute atomic E-state index is 12.1. The largest absolute Gasteiger partial charge is 0.493 e. The minimum Gasteiger partial charge on any atom is -0.493 e. The van der Waals surface area contributed by atoms with Crippen LogP contribution in [0.1, 0.15) is 25.0 Å². The summed E-state index contributed by atoms with van der Waals surface area (Å²) in [6.07, 6.45) is 0. The molecule has 0 fully saturated rings. The Balaban J connectivity index is 1.83. The number of carbonyl (C=O) groups excluding carboxylic acids is 1. The summed E-state index contributed by atoms with van der Waals surface area (Å²) in [6, 6.07) is 13.6. The van der Waals surface area contributed by atoms with Crippen molar-refractivity contribution < 1.29 is 9.53 Å². The number of hydrogen-bond donors (Lipinski definition) is 2. The van der Waals surface area contributed by atoms with E-state index in [0.717, 1.165) is 22.7 Å². The van der Waals surface area contributed by atoms with Gasteiger partial charge in [-0.15, -0.1) is 0 Å². The standard InChI is InChI=1S/C20H26N2O2/c1-14(2)13-24-18-8-6-17(7-9-18)21-12-20(23)22-19-10-5-15(3)11-16(19)4/h5-11,14,21H,12-13H2,1-4H3,(H,22,23). The van der Waals surface area contributed by atoms with E-state index in [-0.39, 0.29) is 12.5 Å². The molecule has 0 heterocycles. The third kappa shape index (κ3) is 5.61. The van der Waals surface area contributed by atoms with Crippen molar-refractivity contribution in [3.8, 4) is 5.75 Å². The molecule has 1 amide bonds. The first-order chi connectivity index (χ1) is 11.4. The van der Waals surface area contributed by atoms with Crippen LogP contribution in [0.25, 0.3) is 0 Å². The lowest BCUT2D eigenvalue weighted by molar-refractivity contribution is -0.114. The van der Waals surface area contributed by atoms with E-state index in [2.05, 4.69) is 30.5 Å². The number of amides is 1. The Labute approximate surface area is 144 Å². The normalized spacial score (nSPS) is 10.5. The highest BCUT2D eigenvalue weighted by Crippen LogP contribution is 2.17. The van der Waals surface area contributed by atoms with Crippen molar-refractivity contribution >= 4 is 17.3 Å². The molecule has 0 unspecified atom stereocenters. The second-order valence-electron chi connectivity index (χ2n) is 6.45. The average Bonchev–Trinajstić information content (AvgIpc) is 2.54. The molecule has 2 N–H and O–H groups in total. The second-order valence-corrected chi connectivity index (χ2v) is 6.45. The van der Waals surface area contributed by atoms with Gasteiger partial charge in [-0.05, 0) is 55.7 Å². The number of anilines is 2. The van der Waals surface area contributed by atoms with Gasteiger partial charge in [0, 0.05) is 11.4 Å².